The summed E-state index contributed by atoms with van der Waals surface area (Å²) in [5, 5.41) is 14.3. The Morgan fingerprint density at radius 3 is 2.09 bits per heavy atom. The van der Waals surface area contributed by atoms with Crippen molar-refractivity contribution in [2.75, 3.05) is 74.5 Å². The fourth-order valence-corrected chi connectivity index (χ4v) is 5.83. The van der Waals surface area contributed by atoms with Gasteiger partial charge in [-0.15, -0.1) is 0 Å². The average molecular weight is 503 g/mol. The number of hydrogen-bond acceptors (Lipinski definition) is 8. The van der Waals surface area contributed by atoms with Crippen LogP contribution in [0.5, 0.6) is 0 Å². The summed E-state index contributed by atoms with van der Waals surface area (Å²) in [6, 6.07) is 11.3. The SMILES string of the molecule is CC(=O)Nc1ccc(S(=O)(=O)N2CCN(c3ccc([N+](=O)[O-])c(N4CCN(C)CC4)c3)CC2)cc1. The second-order valence-corrected chi connectivity index (χ2v) is 10.8. The third kappa shape index (κ3) is 5.55. The molecule has 0 atom stereocenters. The molecule has 0 spiro atoms. The second-order valence-electron chi connectivity index (χ2n) is 8.82. The van der Waals surface area contributed by atoms with Gasteiger partial charge in [0.05, 0.1) is 9.82 Å². The number of carbonyl (C=O) groups is 1. The first-order chi connectivity index (χ1) is 16.6. The van der Waals surface area contributed by atoms with E-state index in [0.29, 0.717) is 50.6 Å². The molecule has 0 unspecified atom stereocenters. The molecule has 1 N–H and O–H groups in total. The predicted octanol–water partition coefficient (Wildman–Crippen LogP) is 1.82. The molecule has 2 saturated heterocycles. The molecule has 0 bridgehead atoms. The number of rotatable bonds is 6. The van der Waals surface area contributed by atoms with E-state index < -0.39 is 10.0 Å². The van der Waals surface area contributed by atoms with Crippen LogP contribution in [0.1, 0.15) is 6.92 Å². The summed E-state index contributed by atoms with van der Waals surface area (Å²) in [5.41, 5.74) is 2.08. The van der Waals surface area contributed by atoms with Crippen LogP contribution in [0.2, 0.25) is 0 Å². The third-order valence-electron chi connectivity index (χ3n) is 6.42. The molecule has 1 amide bonds. The Hall–Kier alpha value is -3.22. The number of nitro groups is 1. The summed E-state index contributed by atoms with van der Waals surface area (Å²) >= 11 is 0. The monoisotopic (exact) mass is 502 g/mol. The van der Waals surface area contributed by atoms with Crippen molar-refractivity contribution in [2.24, 2.45) is 0 Å². The van der Waals surface area contributed by atoms with Crippen LogP contribution < -0.4 is 15.1 Å². The van der Waals surface area contributed by atoms with Gasteiger partial charge < -0.3 is 20.0 Å². The molecule has 2 heterocycles. The first kappa shape index (κ1) is 24.9. The molecular weight excluding hydrogens is 472 g/mol. The number of nitrogens with one attached hydrogen (secondary N) is 1. The van der Waals surface area contributed by atoms with Crippen LogP contribution in [0, 0.1) is 10.1 Å². The van der Waals surface area contributed by atoms with Gasteiger partial charge in [0, 0.05) is 76.7 Å². The van der Waals surface area contributed by atoms with Crippen LogP contribution in [0.25, 0.3) is 0 Å². The summed E-state index contributed by atoms with van der Waals surface area (Å²) in [4.78, 5) is 29.0. The Morgan fingerprint density at radius 2 is 1.51 bits per heavy atom. The van der Waals surface area contributed by atoms with Crippen LogP contribution in [0.4, 0.5) is 22.7 Å². The molecule has 12 heteroatoms. The highest BCUT2D eigenvalue weighted by molar-refractivity contribution is 7.89. The summed E-state index contributed by atoms with van der Waals surface area (Å²) in [5.74, 6) is -0.223. The van der Waals surface area contributed by atoms with Gasteiger partial charge in [0.2, 0.25) is 15.9 Å². The molecule has 2 aliphatic heterocycles. The maximum absolute atomic E-state index is 13.1. The van der Waals surface area contributed by atoms with Gasteiger partial charge in [-0.3, -0.25) is 14.9 Å². The number of nitrogens with zero attached hydrogens (tertiary/aromatic N) is 5. The van der Waals surface area contributed by atoms with Gasteiger partial charge >= 0.3 is 0 Å². The maximum atomic E-state index is 13.1. The zero-order valence-corrected chi connectivity index (χ0v) is 20.7. The molecule has 4 rings (SSSR count). The lowest BCUT2D eigenvalue weighted by Crippen LogP contribution is -2.48. The lowest BCUT2D eigenvalue weighted by atomic mass is 10.1. The second kappa shape index (κ2) is 10.2. The van der Waals surface area contributed by atoms with Crippen LogP contribution in [-0.4, -0.2) is 87.9 Å². The van der Waals surface area contributed by atoms with E-state index in [0.717, 1.165) is 18.8 Å². The minimum absolute atomic E-state index is 0.0854. The van der Waals surface area contributed by atoms with E-state index in [1.54, 1.807) is 24.3 Å². The molecule has 0 saturated carbocycles. The van der Waals surface area contributed by atoms with Gasteiger partial charge in [-0.25, -0.2) is 8.42 Å². The highest BCUT2D eigenvalue weighted by Crippen LogP contribution is 2.34. The maximum Gasteiger partial charge on any atom is 0.292 e. The molecular formula is C23H30N6O5S. The van der Waals surface area contributed by atoms with Crippen molar-refractivity contribution < 1.29 is 18.1 Å². The summed E-state index contributed by atoms with van der Waals surface area (Å²) in [7, 11) is -1.63. The molecule has 2 aliphatic rings. The Morgan fingerprint density at radius 1 is 0.914 bits per heavy atom. The molecule has 11 nitrogen and oxygen atoms in total. The van der Waals surface area contributed by atoms with E-state index >= 15 is 0 Å². The Labute approximate surface area is 205 Å². The van der Waals surface area contributed by atoms with Gasteiger partial charge in [0.1, 0.15) is 5.69 Å². The number of likely N-dealkylation sites (N-methyl/N-ethyl adjacent to an activating group) is 1. The fraction of sp³-hybridized carbons (Fsp3) is 0.435. The topological polar surface area (TPSA) is 119 Å². The van der Waals surface area contributed by atoms with E-state index in [2.05, 4.69) is 15.1 Å². The highest BCUT2D eigenvalue weighted by Gasteiger charge is 2.30. The number of nitro benzene ring substituents is 1. The Kier molecular flexibility index (Phi) is 7.24. The molecule has 2 aromatic rings. The first-order valence-corrected chi connectivity index (χ1v) is 12.9. The van der Waals surface area contributed by atoms with Crippen molar-refractivity contribution in [2.45, 2.75) is 11.8 Å². The van der Waals surface area contributed by atoms with E-state index in [1.807, 2.05) is 18.0 Å². The standard InChI is InChI=1S/C23H30N6O5S/c1-18(30)24-19-3-6-21(7-4-19)35(33,34)28-15-13-26(14-16-28)20-5-8-22(29(31)32)23(17-20)27-11-9-25(2)10-12-27/h3-8,17H,9-16H2,1-2H3,(H,24,30). The van der Waals surface area contributed by atoms with Crippen molar-refractivity contribution in [3.8, 4) is 0 Å². The van der Waals surface area contributed by atoms with E-state index in [4.69, 9.17) is 0 Å². The number of amides is 1. The van der Waals surface area contributed by atoms with Crippen molar-refractivity contribution in [1.82, 2.24) is 9.21 Å². The van der Waals surface area contributed by atoms with E-state index in [1.165, 1.54) is 23.4 Å². The Balaban J connectivity index is 1.46. The van der Waals surface area contributed by atoms with Gasteiger partial charge in [0.15, 0.2) is 0 Å². The molecule has 0 radical (unpaired) electrons. The van der Waals surface area contributed by atoms with Crippen LogP contribution in [-0.2, 0) is 14.8 Å². The Bertz CT molecular complexity index is 1190. The number of sulfonamides is 1. The van der Waals surface area contributed by atoms with Gasteiger partial charge in [-0.2, -0.15) is 4.31 Å². The van der Waals surface area contributed by atoms with Crippen molar-refractivity contribution in [3.05, 3.63) is 52.6 Å². The zero-order valence-electron chi connectivity index (χ0n) is 19.9. The molecule has 188 valence electrons. The number of carbonyl (C=O) groups excluding carboxylic acids is 1. The normalized spacial score (nSPS) is 17.9. The molecule has 2 fully saturated rings. The minimum Gasteiger partial charge on any atom is -0.369 e. The highest BCUT2D eigenvalue weighted by atomic mass is 32.2. The van der Waals surface area contributed by atoms with E-state index in [-0.39, 0.29) is 21.4 Å². The predicted molar refractivity (Wildman–Crippen MR) is 135 cm³/mol. The zero-order chi connectivity index (χ0) is 25.2. The van der Waals surface area contributed by atoms with Crippen molar-refractivity contribution >= 4 is 38.7 Å². The largest absolute Gasteiger partial charge is 0.369 e. The third-order valence-corrected chi connectivity index (χ3v) is 8.33. The van der Waals surface area contributed by atoms with Crippen molar-refractivity contribution in [3.63, 3.8) is 0 Å². The number of benzene rings is 2. The smallest absolute Gasteiger partial charge is 0.292 e. The minimum atomic E-state index is -3.67. The van der Waals surface area contributed by atoms with Gasteiger partial charge in [0.25, 0.3) is 5.69 Å². The van der Waals surface area contributed by atoms with Crippen LogP contribution in [0.15, 0.2) is 47.4 Å². The average Bonchev–Trinajstić information content (AvgIpc) is 2.84. The molecule has 35 heavy (non-hydrogen) atoms. The molecule has 0 aromatic heterocycles. The fourth-order valence-electron chi connectivity index (χ4n) is 4.41. The number of hydrogen-bond donors (Lipinski definition) is 1. The lowest BCUT2D eigenvalue weighted by molar-refractivity contribution is -0.384. The van der Waals surface area contributed by atoms with E-state index in [9.17, 15) is 23.3 Å². The molecule has 2 aromatic carbocycles. The van der Waals surface area contributed by atoms with Gasteiger partial charge in [-0.1, -0.05) is 0 Å². The first-order valence-electron chi connectivity index (χ1n) is 11.5. The summed E-state index contributed by atoms with van der Waals surface area (Å²) < 4.78 is 27.7. The van der Waals surface area contributed by atoms with Crippen LogP contribution in [0.3, 0.4) is 0 Å². The van der Waals surface area contributed by atoms with Crippen molar-refractivity contribution in [1.29, 1.82) is 0 Å². The summed E-state index contributed by atoms with van der Waals surface area (Å²) in [6.45, 7) is 6.05. The molecule has 0 aliphatic carbocycles. The lowest BCUT2D eigenvalue weighted by Gasteiger charge is -2.37. The van der Waals surface area contributed by atoms with Gasteiger partial charge in [-0.05, 0) is 43.4 Å². The quantitative estimate of drug-likeness (QED) is 0.469. The van der Waals surface area contributed by atoms with Crippen LogP contribution >= 0.6 is 0 Å². The summed E-state index contributed by atoms with van der Waals surface area (Å²) in [6.07, 6.45) is 0. The number of piperazine rings is 2. The number of anilines is 3.